The third-order valence-corrected chi connectivity index (χ3v) is 6.29. The molecule has 0 unspecified atom stereocenters. The van der Waals surface area contributed by atoms with Crippen LogP contribution in [0.1, 0.15) is 68.6 Å². The van der Waals surface area contributed by atoms with Crippen molar-refractivity contribution < 1.29 is 18.4 Å². The van der Waals surface area contributed by atoms with Crippen molar-refractivity contribution in [2.24, 2.45) is 5.73 Å². The Morgan fingerprint density at radius 2 is 2.00 bits per heavy atom. The van der Waals surface area contributed by atoms with Gasteiger partial charge in [0, 0.05) is 46.8 Å². The lowest BCUT2D eigenvalue weighted by Gasteiger charge is -2.27. The first kappa shape index (κ1) is 24.4. The Labute approximate surface area is 204 Å². The summed E-state index contributed by atoms with van der Waals surface area (Å²) in [6, 6.07) is 7.38. The molecule has 0 aliphatic heterocycles. The topological polar surface area (TPSA) is 96.3 Å². The zero-order valence-electron chi connectivity index (χ0n) is 20.3. The number of aromatic nitrogens is 3. The molecule has 1 aliphatic rings. The fraction of sp³-hybridized carbons (Fsp3) is 0.370. The molecule has 2 heterocycles. The van der Waals surface area contributed by atoms with Crippen LogP contribution in [0.15, 0.2) is 65.4 Å². The normalized spacial score (nSPS) is 19.2. The summed E-state index contributed by atoms with van der Waals surface area (Å²) in [6.45, 7) is 7.75. The van der Waals surface area contributed by atoms with E-state index in [9.17, 15) is 4.39 Å². The van der Waals surface area contributed by atoms with E-state index in [2.05, 4.69) is 35.6 Å². The van der Waals surface area contributed by atoms with E-state index in [1.165, 1.54) is 19.4 Å². The Morgan fingerprint density at radius 3 is 2.66 bits per heavy atom. The van der Waals surface area contributed by atoms with E-state index in [0.29, 0.717) is 16.8 Å². The third kappa shape index (κ3) is 5.37. The summed E-state index contributed by atoms with van der Waals surface area (Å²) in [7, 11) is 1.43. The fourth-order valence-electron chi connectivity index (χ4n) is 4.30. The van der Waals surface area contributed by atoms with Gasteiger partial charge in [0.2, 0.25) is 5.89 Å². The van der Waals surface area contributed by atoms with Crippen LogP contribution in [-0.2, 0) is 4.74 Å². The molecular weight excluding hydrogens is 447 g/mol. The quantitative estimate of drug-likeness (QED) is 0.306. The van der Waals surface area contributed by atoms with Gasteiger partial charge in [0.15, 0.2) is 5.82 Å². The molecule has 1 fully saturated rings. The van der Waals surface area contributed by atoms with Gasteiger partial charge in [0.05, 0.1) is 18.7 Å². The predicted molar refractivity (Wildman–Crippen MR) is 133 cm³/mol. The zero-order valence-corrected chi connectivity index (χ0v) is 20.3. The van der Waals surface area contributed by atoms with Crippen molar-refractivity contribution in [3.8, 4) is 5.75 Å². The Bertz CT molecular complexity index is 1260. The van der Waals surface area contributed by atoms with Crippen molar-refractivity contribution in [1.82, 2.24) is 15.1 Å². The molecule has 2 N–H and O–H groups in total. The van der Waals surface area contributed by atoms with Gasteiger partial charge in [-0.25, -0.2) is 4.39 Å². The molecule has 8 heteroatoms. The maximum absolute atomic E-state index is 14.9. The van der Waals surface area contributed by atoms with Crippen LogP contribution in [0.2, 0.25) is 0 Å². The minimum atomic E-state index is -0.556. The van der Waals surface area contributed by atoms with Crippen molar-refractivity contribution in [2.75, 3.05) is 7.11 Å². The van der Waals surface area contributed by atoms with Crippen molar-refractivity contribution >= 4 is 16.5 Å². The number of fused-ring (bicyclic) bond motifs is 1. The molecule has 7 nitrogen and oxygen atoms in total. The summed E-state index contributed by atoms with van der Waals surface area (Å²) >= 11 is 0. The van der Waals surface area contributed by atoms with E-state index in [4.69, 9.17) is 19.7 Å². The van der Waals surface area contributed by atoms with Gasteiger partial charge in [-0.05, 0) is 37.8 Å². The monoisotopic (exact) mass is 478 g/mol. The number of halogens is 1. The number of allylic oxidation sites excluding steroid dienone is 3. The van der Waals surface area contributed by atoms with E-state index in [1.807, 2.05) is 18.2 Å². The Balaban J connectivity index is 1.52. The van der Waals surface area contributed by atoms with Crippen molar-refractivity contribution in [2.45, 2.75) is 57.5 Å². The van der Waals surface area contributed by atoms with Gasteiger partial charge in [-0.15, -0.1) is 0 Å². The molecule has 184 valence electrons. The lowest BCUT2D eigenvalue weighted by Crippen LogP contribution is -2.23. The molecule has 0 bridgehead atoms. The number of pyridine rings is 1. The molecule has 1 saturated carbocycles. The second-order valence-electron chi connectivity index (χ2n) is 8.99. The van der Waals surface area contributed by atoms with E-state index in [1.54, 1.807) is 12.3 Å². The van der Waals surface area contributed by atoms with Crippen LogP contribution in [0.5, 0.6) is 5.75 Å². The van der Waals surface area contributed by atoms with E-state index < -0.39 is 5.83 Å². The number of rotatable bonds is 8. The number of hydrogen-bond donors (Lipinski definition) is 1. The van der Waals surface area contributed by atoms with Crippen molar-refractivity contribution in [3.05, 3.63) is 78.2 Å². The second kappa shape index (κ2) is 10.7. The van der Waals surface area contributed by atoms with Crippen LogP contribution in [0.3, 0.4) is 0 Å². The summed E-state index contributed by atoms with van der Waals surface area (Å²) in [5.41, 5.74) is 7.17. The number of nitrogens with two attached hydrogens (primary N) is 1. The molecule has 4 rings (SSSR count). The molecule has 0 atom stereocenters. The number of hydrogen-bond acceptors (Lipinski definition) is 7. The average Bonchev–Trinajstić information content (AvgIpc) is 3.36. The van der Waals surface area contributed by atoms with Gasteiger partial charge in [0.25, 0.3) is 0 Å². The number of methoxy groups -OCH3 is 1. The molecule has 0 saturated heterocycles. The number of ether oxygens (including phenoxy) is 2. The largest absolute Gasteiger partial charge is 0.497 e. The molecule has 1 aliphatic carbocycles. The average molecular weight is 479 g/mol. The molecule has 0 spiro atoms. The molecule has 3 aromatic rings. The smallest absolute Gasteiger partial charge is 0.229 e. The van der Waals surface area contributed by atoms with Gasteiger partial charge in [-0.1, -0.05) is 37.7 Å². The van der Waals surface area contributed by atoms with Gasteiger partial charge >= 0.3 is 0 Å². The summed E-state index contributed by atoms with van der Waals surface area (Å²) in [5.74, 6) is 2.32. The van der Waals surface area contributed by atoms with Crippen LogP contribution >= 0.6 is 0 Å². The highest BCUT2D eigenvalue weighted by Gasteiger charge is 2.28. The zero-order chi connectivity index (χ0) is 24.9. The highest BCUT2D eigenvalue weighted by molar-refractivity contribution is 5.97. The predicted octanol–water partition coefficient (Wildman–Crippen LogP) is 6.16. The molecule has 0 radical (unpaired) electrons. The number of para-hydroxylation sites is 1. The SMILES string of the molecule is C=C(/C=C(F)\C(=C/N)c1cccc2c(OC3CCC(c4nc(C(C)C)no4)CC3)ccnc12)OC. The minimum absolute atomic E-state index is 0.0548. The van der Waals surface area contributed by atoms with Crippen molar-refractivity contribution in [3.63, 3.8) is 0 Å². The first-order valence-corrected chi connectivity index (χ1v) is 11.8. The van der Waals surface area contributed by atoms with Crippen LogP contribution in [0.25, 0.3) is 16.5 Å². The van der Waals surface area contributed by atoms with Crippen LogP contribution < -0.4 is 10.5 Å². The summed E-state index contributed by atoms with van der Waals surface area (Å²) in [5, 5.41) is 4.89. The maximum atomic E-state index is 14.9. The van der Waals surface area contributed by atoms with E-state index >= 15 is 0 Å². The summed E-state index contributed by atoms with van der Waals surface area (Å²) in [6.07, 6.45) is 7.72. The Morgan fingerprint density at radius 1 is 1.23 bits per heavy atom. The standard InChI is InChI=1S/C27H31FN4O3/c1-16(2)26-31-27(35-32-26)18-8-10-19(11-9-18)34-24-12-13-30-25-20(6-5-7-21(24)25)22(15-29)23(28)14-17(3)33-4/h5-7,12-16,18-19H,3,8-11,29H2,1-2,4H3/b22-15-,23-14+. The minimum Gasteiger partial charge on any atom is -0.497 e. The molecule has 35 heavy (non-hydrogen) atoms. The highest BCUT2D eigenvalue weighted by Crippen LogP contribution is 2.37. The second-order valence-corrected chi connectivity index (χ2v) is 8.99. The molecule has 2 aromatic heterocycles. The van der Waals surface area contributed by atoms with Crippen LogP contribution in [0.4, 0.5) is 4.39 Å². The summed E-state index contributed by atoms with van der Waals surface area (Å²) < 4.78 is 31.8. The molecular formula is C27H31FN4O3. The van der Waals surface area contributed by atoms with Crippen LogP contribution in [0, 0.1) is 0 Å². The van der Waals surface area contributed by atoms with E-state index in [-0.39, 0.29) is 29.3 Å². The third-order valence-electron chi connectivity index (χ3n) is 6.29. The molecule has 1 aromatic carbocycles. The van der Waals surface area contributed by atoms with Gasteiger partial charge in [0.1, 0.15) is 17.3 Å². The lowest BCUT2D eigenvalue weighted by molar-refractivity contribution is 0.141. The highest BCUT2D eigenvalue weighted by atomic mass is 19.1. The maximum Gasteiger partial charge on any atom is 0.229 e. The Kier molecular flexibility index (Phi) is 7.48. The first-order valence-electron chi connectivity index (χ1n) is 11.8. The van der Waals surface area contributed by atoms with Gasteiger partial charge in [-0.2, -0.15) is 4.98 Å². The Hall–Kier alpha value is -3.68. The first-order chi connectivity index (χ1) is 16.9. The van der Waals surface area contributed by atoms with Gasteiger partial charge < -0.3 is 19.7 Å². The lowest BCUT2D eigenvalue weighted by atomic mass is 9.87. The van der Waals surface area contributed by atoms with E-state index in [0.717, 1.165) is 42.8 Å². The van der Waals surface area contributed by atoms with Gasteiger partial charge in [-0.3, -0.25) is 4.98 Å². The number of nitrogens with zero attached hydrogens (tertiary/aromatic N) is 3. The number of benzene rings is 1. The van der Waals surface area contributed by atoms with Crippen LogP contribution in [-0.4, -0.2) is 28.3 Å². The summed E-state index contributed by atoms with van der Waals surface area (Å²) in [4.78, 5) is 9.07. The molecule has 0 amide bonds. The fourth-order valence-corrected chi connectivity index (χ4v) is 4.30. The van der Waals surface area contributed by atoms with Crippen molar-refractivity contribution in [1.29, 1.82) is 0 Å².